The minimum atomic E-state index is -3.16. The molecule has 0 aliphatic carbocycles. The molecule has 3 aliphatic rings. The molecule has 0 amide bonds. The normalized spacial score (nSPS) is 32.0. The van der Waals surface area contributed by atoms with Crippen molar-refractivity contribution in [3.63, 3.8) is 0 Å². The fourth-order valence-electron chi connectivity index (χ4n) is 4.46. The first-order valence-corrected chi connectivity index (χ1v) is 12.7. The van der Waals surface area contributed by atoms with Crippen LogP contribution in [0.15, 0.2) is 29.2 Å². The second-order valence-corrected chi connectivity index (χ2v) is 11.4. The van der Waals surface area contributed by atoms with Crippen LogP contribution in [-0.4, -0.2) is 69.2 Å². The molecule has 0 radical (unpaired) electrons. The number of rotatable bonds is 5. The average Bonchev–Trinajstić information content (AvgIpc) is 3.27. The first kappa shape index (κ1) is 19.5. The quantitative estimate of drug-likeness (QED) is 0.766. The maximum absolute atomic E-state index is 11.7. The van der Waals surface area contributed by atoms with Gasteiger partial charge in [-0.1, -0.05) is 0 Å². The molecule has 3 heterocycles. The third-order valence-electron chi connectivity index (χ3n) is 5.98. The van der Waals surface area contributed by atoms with E-state index >= 15 is 0 Å². The molecule has 27 heavy (non-hydrogen) atoms. The molecule has 3 aliphatic heterocycles. The van der Waals surface area contributed by atoms with Crippen LogP contribution in [0.5, 0.6) is 0 Å². The molecule has 0 saturated carbocycles. The van der Waals surface area contributed by atoms with Crippen molar-refractivity contribution in [3.8, 4) is 0 Å². The van der Waals surface area contributed by atoms with Crippen molar-refractivity contribution < 1.29 is 8.42 Å². The zero-order chi connectivity index (χ0) is 19.0. The first-order chi connectivity index (χ1) is 12.9. The van der Waals surface area contributed by atoms with Gasteiger partial charge in [-0.05, 0) is 62.7 Å². The number of anilines is 1. The molecule has 2 N–H and O–H groups in total. The van der Waals surface area contributed by atoms with Crippen molar-refractivity contribution in [1.29, 1.82) is 0 Å². The lowest BCUT2D eigenvalue weighted by atomic mass is 10.0. The van der Waals surface area contributed by atoms with E-state index in [2.05, 4.69) is 39.2 Å². The van der Waals surface area contributed by atoms with Gasteiger partial charge in [-0.2, -0.15) is 11.8 Å². The Morgan fingerprint density at radius 1 is 1.22 bits per heavy atom. The number of benzene rings is 1. The highest BCUT2D eigenvalue weighted by molar-refractivity contribution is 8.00. The van der Waals surface area contributed by atoms with Gasteiger partial charge in [0.15, 0.2) is 9.84 Å². The van der Waals surface area contributed by atoms with Gasteiger partial charge in [-0.25, -0.2) is 8.42 Å². The predicted molar refractivity (Wildman–Crippen MR) is 112 cm³/mol. The van der Waals surface area contributed by atoms with Crippen LogP contribution < -0.4 is 15.5 Å². The van der Waals surface area contributed by atoms with Crippen LogP contribution in [0, 0.1) is 0 Å². The fraction of sp³-hybridized carbons (Fsp3) is 0.684. The highest BCUT2D eigenvalue weighted by Crippen LogP contribution is 2.31. The maximum atomic E-state index is 11.7. The largest absolute Gasteiger partial charge is 0.341 e. The summed E-state index contributed by atoms with van der Waals surface area (Å²) in [4.78, 5) is 5.13. The van der Waals surface area contributed by atoms with E-state index in [-0.39, 0.29) is 6.17 Å². The van der Waals surface area contributed by atoms with Crippen LogP contribution in [-0.2, 0) is 9.84 Å². The molecule has 4 atom stereocenters. The smallest absolute Gasteiger partial charge is 0.175 e. The third-order valence-corrected chi connectivity index (χ3v) is 8.50. The number of nitrogens with one attached hydrogen (secondary N) is 2. The number of thioether (sulfide) groups is 1. The molecule has 150 valence electrons. The van der Waals surface area contributed by atoms with E-state index in [1.165, 1.54) is 31.3 Å². The summed E-state index contributed by atoms with van der Waals surface area (Å²) in [7, 11) is -0.984. The molecule has 4 rings (SSSR count). The second-order valence-electron chi connectivity index (χ2n) is 7.99. The Morgan fingerprint density at radius 3 is 2.67 bits per heavy atom. The van der Waals surface area contributed by atoms with E-state index in [1.807, 2.05) is 12.1 Å². The number of hydrogen-bond acceptors (Lipinski definition) is 7. The minimum Gasteiger partial charge on any atom is -0.341 e. The van der Waals surface area contributed by atoms with Gasteiger partial charge in [0.1, 0.15) is 0 Å². The van der Waals surface area contributed by atoms with Crippen molar-refractivity contribution in [1.82, 2.24) is 15.5 Å². The van der Waals surface area contributed by atoms with Gasteiger partial charge in [0, 0.05) is 29.8 Å². The van der Waals surface area contributed by atoms with Gasteiger partial charge >= 0.3 is 0 Å². The van der Waals surface area contributed by atoms with Gasteiger partial charge in [0.05, 0.1) is 23.9 Å². The molecular formula is C19H30N4O2S2. The van der Waals surface area contributed by atoms with E-state index in [4.69, 9.17) is 0 Å². The Bertz CT molecular complexity index is 749. The second kappa shape index (κ2) is 7.91. The van der Waals surface area contributed by atoms with E-state index < -0.39 is 9.84 Å². The topological polar surface area (TPSA) is 64.7 Å². The minimum absolute atomic E-state index is 0.251. The number of fused-ring (bicyclic) bond motifs is 1. The first-order valence-electron chi connectivity index (χ1n) is 9.80. The average molecular weight is 411 g/mol. The standard InChI is InChI=1S/C19H30N4O2S2/c1-22-13-23(14-5-7-16(8-6-14)27(2,24)25)19-17(22)9-10-18(21-19)20-12-15-4-3-11-26-15/h5-8,15,17-21H,3-4,9-13H2,1-2H3. The maximum Gasteiger partial charge on any atom is 0.175 e. The van der Waals surface area contributed by atoms with Gasteiger partial charge in [-0.15, -0.1) is 0 Å². The molecule has 0 spiro atoms. The molecule has 3 fully saturated rings. The number of sulfone groups is 1. The van der Waals surface area contributed by atoms with Crippen LogP contribution in [0.25, 0.3) is 0 Å². The lowest BCUT2D eigenvalue weighted by Gasteiger charge is -2.39. The molecule has 8 heteroatoms. The highest BCUT2D eigenvalue weighted by Gasteiger charge is 2.42. The van der Waals surface area contributed by atoms with E-state index in [0.717, 1.165) is 30.6 Å². The summed E-state index contributed by atoms with van der Waals surface area (Å²) in [6.07, 6.45) is 6.84. The summed E-state index contributed by atoms with van der Waals surface area (Å²) in [5, 5.41) is 8.30. The van der Waals surface area contributed by atoms with Gasteiger partial charge in [0.2, 0.25) is 0 Å². The van der Waals surface area contributed by atoms with Gasteiger partial charge in [-0.3, -0.25) is 10.2 Å². The fourth-order valence-corrected chi connectivity index (χ4v) is 6.30. The molecule has 6 nitrogen and oxygen atoms in total. The molecule has 1 aromatic rings. The van der Waals surface area contributed by atoms with E-state index in [1.54, 1.807) is 12.1 Å². The zero-order valence-electron chi connectivity index (χ0n) is 16.1. The van der Waals surface area contributed by atoms with Crippen molar-refractivity contribution in [2.45, 2.75) is 54.2 Å². The molecule has 3 saturated heterocycles. The number of hydrogen-bond donors (Lipinski definition) is 2. The van der Waals surface area contributed by atoms with E-state index in [9.17, 15) is 8.42 Å². The third kappa shape index (κ3) is 4.29. The molecule has 1 aromatic carbocycles. The Labute approximate surface area is 167 Å². The number of likely N-dealkylation sites (N-methyl/N-ethyl adjacent to an activating group) is 1. The number of nitrogens with zero attached hydrogens (tertiary/aromatic N) is 2. The number of piperidine rings is 1. The Morgan fingerprint density at radius 2 is 2.00 bits per heavy atom. The van der Waals surface area contributed by atoms with Crippen LogP contribution >= 0.6 is 11.8 Å². The predicted octanol–water partition coefficient (Wildman–Crippen LogP) is 1.69. The highest BCUT2D eigenvalue weighted by atomic mass is 32.2. The summed E-state index contributed by atoms with van der Waals surface area (Å²) >= 11 is 2.09. The Kier molecular flexibility index (Phi) is 5.72. The SMILES string of the molecule is CN1CN(c2ccc(S(C)(=O)=O)cc2)C2NC(NCC3CCCS3)CCC21. The summed E-state index contributed by atoms with van der Waals surface area (Å²) in [5.74, 6) is 1.30. The lowest BCUT2D eigenvalue weighted by Crippen LogP contribution is -2.60. The van der Waals surface area contributed by atoms with Crippen LogP contribution in [0.2, 0.25) is 0 Å². The Hall–Kier alpha value is -0.800. The molecular weight excluding hydrogens is 380 g/mol. The van der Waals surface area contributed by atoms with Gasteiger partial charge < -0.3 is 10.2 Å². The van der Waals surface area contributed by atoms with Crippen molar-refractivity contribution in [3.05, 3.63) is 24.3 Å². The lowest BCUT2D eigenvalue weighted by molar-refractivity contribution is 0.193. The molecule has 0 aromatic heterocycles. The molecule has 0 bridgehead atoms. The van der Waals surface area contributed by atoms with Crippen molar-refractivity contribution in [2.75, 3.05) is 37.2 Å². The summed E-state index contributed by atoms with van der Waals surface area (Å²) in [6.45, 7) is 1.93. The van der Waals surface area contributed by atoms with Crippen molar-refractivity contribution in [2.24, 2.45) is 0 Å². The summed E-state index contributed by atoms with van der Waals surface area (Å²) in [5.41, 5.74) is 1.07. The molecule has 4 unspecified atom stereocenters. The van der Waals surface area contributed by atoms with Gasteiger partial charge in [0.25, 0.3) is 0 Å². The van der Waals surface area contributed by atoms with Crippen LogP contribution in [0.4, 0.5) is 5.69 Å². The van der Waals surface area contributed by atoms with Crippen LogP contribution in [0.1, 0.15) is 25.7 Å². The Balaban J connectivity index is 1.44. The van der Waals surface area contributed by atoms with E-state index in [0.29, 0.717) is 17.1 Å². The monoisotopic (exact) mass is 410 g/mol. The summed E-state index contributed by atoms with van der Waals surface area (Å²) in [6, 6.07) is 7.78. The van der Waals surface area contributed by atoms with Crippen molar-refractivity contribution >= 4 is 27.3 Å². The summed E-state index contributed by atoms with van der Waals surface area (Å²) < 4.78 is 23.5. The van der Waals surface area contributed by atoms with Crippen LogP contribution in [0.3, 0.4) is 0 Å². The zero-order valence-corrected chi connectivity index (χ0v) is 17.7.